The van der Waals surface area contributed by atoms with Crippen LogP contribution in [0.1, 0.15) is 17.2 Å². The number of halogens is 1. The van der Waals surface area contributed by atoms with E-state index in [0.717, 1.165) is 31.7 Å². The Labute approximate surface area is 130 Å². The van der Waals surface area contributed by atoms with Crippen LogP contribution in [0.4, 0.5) is 4.39 Å². The second-order valence-electron chi connectivity index (χ2n) is 5.57. The van der Waals surface area contributed by atoms with Gasteiger partial charge in [0.15, 0.2) is 11.6 Å². The van der Waals surface area contributed by atoms with E-state index >= 15 is 0 Å². The van der Waals surface area contributed by atoms with E-state index < -0.39 is 0 Å². The largest absolute Gasteiger partial charge is 0.494 e. The van der Waals surface area contributed by atoms with Crippen LogP contribution in [0.15, 0.2) is 48.5 Å². The standard InChI is InChI=1S/C18H21FN2O/c1-22-18-8-7-14(11-16(18)19)13-21-10-9-20-12-17(21)15-5-3-2-4-6-15/h2-8,11,17,20H,9-10,12-13H2,1H3. The van der Waals surface area contributed by atoms with E-state index in [0.29, 0.717) is 11.8 Å². The van der Waals surface area contributed by atoms with Crippen molar-refractivity contribution in [2.75, 3.05) is 26.7 Å². The normalized spacial score (nSPS) is 19.1. The first-order chi connectivity index (χ1) is 10.8. The highest BCUT2D eigenvalue weighted by molar-refractivity contribution is 5.29. The van der Waals surface area contributed by atoms with Crippen LogP contribution in [-0.2, 0) is 6.54 Å². The molecule has 0 aromatic heterocycles. The summed E-state index contributed by atoms with van der Waals surface area (Å²) in [5, 5.41) is 3.44. The molecular formula is C18H21FN2O. The molecule has 1 fully saturated rings. The molecule has 2 aromatic rings. The highest BCUT2D eigenvalue weighted by Gasteiger charge is 2.23. The molecule has 0 saturated carbocycles. The Morgan fingerprint density at radius 3 is 2.77 bits per heavy atom. The predicted octanol–water partition coefficient (Wildman–Crippen LogP) is 2.98. The van der Waals surface area contributed by atoms with Crippen molar-refractivity contribution < 1.29 is 9.13 Å². The summed E-state index contributed by atoms with van der Waals surface area (Å²) >= 11 is 0. The number of methoxy groups -OCH3 is 1. The third kappa shape index (κ3) is 3.29. The molecule has 22 heavy (non-hydrogen) atoms. The summed E-state index contributed by atoms with van der Waals surface area (Å²) in [4.78, 5) is 2.40. The maximum Gasteiger partial charge on any atom is 0.165 e. The summed E-state index contributed by atoms with van der Waals surface area (Å²) in [5.74, 6) is -0.00457. The number of rotatable bonds is 4. The fraction of sp³-hybridized carbons (Fsp3) is 0.333. The number of nitrogens with one attached hydrogen (secondary N) is 1. The predicted molar refractivity (Wildman–Crippen MR) is 85.4 cm³/mol. The molecule has 1 atom stereocenters. The van der Waals surface area contributed by atoms with Crippen molar-refractivity contribution in [3.63, 3.8) is 0 Å². The summed E-state index contributed by atoms with van der Waals surface area (Å²) in [6.07, 6.45) is 0. The lowest BCUT2D eigenvalue weighted by molar-refractivity contribution is 0.153. The second-order valence-corrected chi connectivity index (χ2v) is 5.57. The molecule has 0 spiro atoms. The van der Waals surface area contributed by atoms with Crippen LogP contribution in [0.2, 0.25) is 0 Å². The van der Waals surface area contributed by atoms with Gasteiger partial charge < -0.3 is 10.1 Å². The quantitative estimate of drug-likeness (QED) is 0.939. The minimum Gasteiger partial charge on any atom is -0.494 e. The first-order valence-corrected chi connectivity index (χ1v) is 7.60. The highest BCUT2D eigenvalue weighted by Crippen LogP contribution is 2.25. The van der Waals surface area contributed by atoms with Crippen LogP contribution < -0.4 is 10.1 Å². The molecular weight excluding hydrogens is 279 g/mol. The summed E-state index contributed by atoms with van der Waals surface area (Å²) < 4.78 is 18.9. The first-order valence-electron chi connectivity index (χ1n) is 7.60. The van der Waals surface area contributed by atoms with Gasteiger partial charge in [0.25, 0.3) is 0 Å². The number of ether oxygens (including phenoxy) is 1. The zero-order valence-corrected chi connectivity index (χ0v) is 12.8. The van der Waals surface area contributed by atoms with Crippen molar-refractivity contribution in [3.05, 3.63) is 65.5 Å². The number of piperazine rings is 1. The monoisotopic (exact) mass is 300 g/mol. The molecule has 1 aliphatic heterocycles. The molecule has 1 unspecified atom stereocenters. The Balaban J connectivity index is 1.78. The van der Waals surface area contributed by atoms with Crippen LogP contribution in [0, 0.1) is 5.82 Å². The summed E-state index contributed by atoms with van der Waals surface area (Å²) in [6.45, 7) is 3.57. The van der Waals surface area contributed by atoms with Crippen LogP contribution in [0.3, 0.4) is 0 Å². The van der Waals surface area contributed by atoms with Crippen LogP contribution in [0.25, 0.3) is 0 Å². The third-order valence-corrected chi connectivity index (χ3v) is 4.14. The van der Waals surface area contributed by atoms with Gasteiger partial charge in [-0.1, -0.05) is 36.4 Å². The SMILES string of the molecule is COc1ccc(CN2CCNCC2c2ccccc2)cc1F. The summed E-state index contributed by atoms with van der Waals surface area (Å²) in [7, 11) is 1.49. The number of hydrogen-bond acceptors (Lipinski definition) is 3. The summed E-state index contributed by atoms with van der Waals surface area (Å²) in [6, 6.07) is 16.0. The average molecular weight is 300 g/mol. The van der Waals surface area contributed by atoms with Gasteiger partial charge in [0.2, 0.25) is 0 Å². The molecule has 0 amide bonds. The molecule has 0 aliphatic carbocycles. The van der Waals surface area contributed by atoms with Gasteiger partial charge >= 0.3 is 0 Å². The van der Waals surface area contributed by atoms with Gasteiger partial charge in [0.1, 0.15) is 0 Å². The van der Waals surface area contributed by atoms with Crippen molar-refractivity contribution in [2.24, 2.45) is 0 Å². The van der Waals surface area contributed by atoms with Crippen molar-refractivity contribution in [1.82, 2.24) is 10.2 Å². The maximum atomic E-state index is 13.9. The van der Waals surface area contributed by atoms with Crippen molar-refractivity contribution >= 4 is 0 Å². The Kier molecular flexibility index (Phi) is 4.71. The molecule has 116 valence electrons. The van der Waals surface area contributed by atoms with Gasteiger partial charge in [-0.15, -0.1) is 0 Å². The van der Waals surface area contributed by atoms with Crippen molar-refractivity contribution in [3.8, 4) is 5.75 Å². The Morgan fingerprint density at radius 1 is 1.23 bits per heavy atom. The number of hydrogen-bond donors (Lipinski definition) is 1. The number of benzene rings is 2. The molecule has 3 nitrogen and oxygen atoms in total. The molecule has 1 N–H and O–H groups in total. The summed E-state index contributed by atoms with van der Waals surface area (Å²) in [5.41, 5.74) is 2.27. The second kappa shape index (κ2) is 6.90. The van der Waals surface area contributed by atoms with Crippen LogP contribution in [0.5, 0.6) is 5.75 Å². The molecule has 2 aromatic carbocycles. The van der Waals surface area contributed by atoms with Crippen molar-refractivity contribution in [2.45, 2.75) is 12.6 Å². The molecule has 0 radical (unpaired) electrons. The van der Waals surface area contributed by atoms with E-state index in [1.807, 2.05) is 12.1 Å². The molecule has 4 heteroatoms. The highest BCUT2D eigenvalue weighted by atomic mass is 19.1. The minimum absolute atomic E-state index is 0.295. The van der Waals surface area contributed by atoms with Crippen molar-refractivity contribution in [1.29, 1.82) is 0 Å². The maximum absolute atomic E-state index is 13.9. The topological polar surface area (TPSA) is 24.5 Å². The molecule has 1 heterocycles. The zero-order valence-electron chi connectivity index (χ0n) is 12.8. The first kappa shape index (κ1) is 15.0. The van der Waals surface area contributed by atoms with Gasteiger partial charge in [0, 0.05) is 32.2 Å². The lowest BCUT2D eigenvalue weighted by atomic mass is 10.0. The lowest BCUT2D eigenvalue weighted by Crippen LogP contribution is -2.45. The Bertz CT molecular complexity index is 618. The lowest BCUT2D eigenvalue weighted by Gasteiger charge is -2.36. The van der Waals surface area contributed by atoms with Crippen LogP contribution >= 0.6 is 0 Å². The van der Waals surface area contributed by atoms with Gasteiger partial charge in [-0.05, 0) is 23.3 Å². The number of nitrogens with zero attached hydrogens (tertiary/aromatic N) is 1. The van der Waals surface area contributed by atoms with E-state index in [4.69, 9.17) is 4.74 Å². The van der Waals surface area contributed by atoms with Gasteiger partial charge in [-0.2, -0.15) is 0 Å². The molecule has 1 aliphatic rings. The molecule has 1 saturated heterocycles. The zero-order chi connectivity index (χ0) is 15.4. The molecule has 3 rings (SSSR count). The molecule has 0 bridgehead atoms. The van der Waals surface area contributed by atoms with E-state index in [9.17, 15) is 4.39 Å². The smallest absolute Gasteiger partial charge is 0.165 e. The van der Waals surface area contributed by atoms with Crippen LogP contribution in [-0.4, -0.2) is 31.6 Å². The Hall–Kier alpha value is -1.91. The van der Waals surface area contributed by atoms with E-state index in [1.54, 1.807) is 12.1 Å². The average Bonchev–Trinajstić information content (AvgIpc) is 2.56. The third-order valence-electron chi connectivity index (χ3n) is 4.14. The van der Waals surface area contributed by atoms with E-state index in [-0.39, 0.29) is 5.82 Å². The van der Waals surface area contributed by atoms with E-state index in [1.165, 1.54) is 12.7 Å². The Morgan fingerprint density at radius 2 is 2.05 bits per heavy atom. The van der Waals surface area contributed by atoms with Gasteiger partial charge in [-0.25, -0.2) is 4.39 Å². The fourth-order valence-corrected chi connectivity index (χ4v) is 2.98. The fourth-order valence-electron chi connectivity index (χ4n) is 2.98. The minimum atomic E-state index is -0.300. The van der Waals surface area contributed by atoms with Gasteiger partial charge in [0.05, 0.1) is 7.11 Å². The van der Waals surface area contributed by atoms with Gasteiger partial charge in [-0.3, -0.25) is 4.90 Å². The van der Waals surface area contributed by atoms with E-state index in [2.05, 4.69) is 34.5 Å².